The van der Waals surface area contributed by atoms with Crippen molar-refractivity contribution < 1.29 is 4.79 Å². The number of likely N-dealkylation sites (N-methyl/N-ethyl adjacent to an activating group) is 1. The first kappa shape index (κ1) is 14.5. The number of hydrogen-bond acceptors (Lipinski definition) is 3. The zero-order valence-electron chi connectivity index (χ0n) is 11.0. The van der Waals surface area contributed by atoms with Gasteiger partial charge in [0.25, 0.3) is 0 Å². The Bertz CT molecular complexity index is 659. The fourth-order valence-corrected chi connectivity index (χ4v) is 2.29. The maximum absolute atomic E-state index is 12.2. The highest BCUT2D eigenvalue weighted by Gasteiger charge is 2.12. The lowest BCUT2D eigenvalue weighted by Crippen LogP contribution is -2.26. The van der Waals surface area contributed by atoms with Crippen molar-refractivity contribution in [3.05, 3.63) is 63.2 Å². The zero-order valence-corrected chi connectivity index (χ0v) is 13.2. The summed E-state index contributed by atoms with van der Waals surface area (Å²) in [6.45, 7) is 0.249. The average molecular weight is 376 g/mol. The van der Waals surface area contributed by atoms with Crippen molar-refractivity contribution in [1.29, 1.82) is 5.26 Å². The fourth-order valence-electron chi connectivity index (χ4n) is 1.93. The van der Waals surface area contributed by atoms with E-state index in [0.717, 1.165) is 9.26 Å². The minimum absolute atomic E-state index is 0.0386. The van der Waals surface area contributed by atoms with Crippen LogP contribution in [-0.2, 0) is 0 Å². The number of benzene rings is 2. The topological polar surface area (TPSA) is 44.1 Å². The molecule has 2 aromatic carbocycles. The molecule has 0 aliphatic heterocycles. The number of carbonyl (C=O) groups excluding carboxylic acids is 1. The third-order valence-electron chi connectivity index (χ3n) is 2.98. The van der Waals surface area contributed by atoms with Gasteiger partial charge < -0.3 is 4.90 Å². The van der Waals surface area contributed by atoms with Crippen LogP contribution in [0.3, 0.4) is 0 Å². The van der Waals surface area contributed by atoms with E-state index in [9.17, 15) is 4.79 Å². The molecule has 0 aliphatic rings. The molecule has 0 bridgehead atoms. The molecule has 0 atom stereocenters. The lowest BCUT2D eigenvalue weighted by Gasteiger charge is -2.19. The van der Waals surface area contributed by atoms with Crippen LogP contribution in [0.25, 0.3) is 0 Å². The predicted molar refractivity (Wildman–Crippen MR) is 87.9 cm³/mol. The number of hydrogen-bond donors (Lipinski definition) is 0. The average Bonchev–Trinajstić information content (AvgIpc) is 2.47. The molecular formula is C16H13IN2O. The SMILES string of the molecule is CN(CC(=O)c1ccc(I)cc1)c1ccccc1C#N. The van der Waals surface area contributed by atoms with E-state index >= 15 is 0 Å². The molecule has 3 nitrogen and oxygen atoms in total. The van der Waals surface area contributed by atoms with E-state index in [-0.39, 0.29) is 12.3 Å². The van der Waals surface area contributed by atoms with E-state index in [1.807, 2.05) is 49.5 Å². The second kappa shape index (κ2) is 6.53. The number of nitriles is 1. The molecular weight excluding hydrogens is 363 g/mol. The lowest BCUT2D eigenvalue weighted by atomic mass is 10.1. The van der Waals surface area contributed by atoms with Crippen LogP contribution in [0.1, 0.15) is 15.9 Å². The van der Waals surface area contributed by atoms with Crippen LogP contribution >= 0.6 is 22.6 Å². The van der Waals surface area contributed by atoms with Gasteiger partial charge >= 0.3 is 0 Å². The highest BCUT2D eigenvalue weighted by molar-refractivity contribution is 14.1. The molecule has 20 heavy (non-hydrogen) atoms. The quantitative estimate of drug-likeness (QED) is 0.606. The number of para-hydroxylation sites is 1. The summed E-state index contributed by atoms with van der Waals surface area (Å²) < 4.78 is 1.10. The highest BCUT2D eigenvalue weighted by Crippen LogP contribution is 2.18. The summed E-state index contributed by atoms with van der Waals surface area (Å²) in [6, 6.07) is 16.9. The summed E-state index contributed by atoms with van der Waals surface area (Å²) in [7, 11) is 1.82. The van der Waals surface area contributed by atoms with Crippen LogP contribution in [0, 0.1) is 14.9 Å². The first-order chi connectivity index (χ1) is 9.61. The largest absolute Gasteiger partial charge is 0.366 e. The van der Waals surface area contributed by atoms with Crippen LogP contribution < -0.4 is 4.90 Å². The molecule has 2 rings (SSSR count). The van der Waals surface area contributed by atoms with Gasteiger partial charge in [-0.25, -0.2) is 0 Å². The number of ketones is 1. The molecule has 0 heterocycles. The lowest BCUT2D eigenvalue weighted by molar-refractivity contribution is 0.100. The van der Waals surface area contributed by atoms with Crippen molar-refractivity contribution in [2.75, 3.05) is 18.5 Å². The van der Waals surface area contributed by atoms with Gasteiger partial charge in [0.15, 0.2) is 5.78 Å². The molecule has 0 aliphatic carbocycles. The summed E-state index contributed by atoms with van der Waals surface area (Å²) in [5.41, 5.74) is 2.03. The number of Topliss-reactive ketones (excluding diaryl/α,β-unsaturated/α-hetero) is 1. The van der Waals surface area contributed by atoms with Crippen molar-refractivity contribution in [2.45, 2.75) is 0 Å². The smallest absolute Gasteiger partial charge is 0.182 e. The third kappa shape index (κ3) is 3.36. The molecule has 0 amide bonds. The molecule has 0 unspecified atom stereocenters. The number of anilines is 1. The number of carbonyl (C=O) groups is 1. The van der Waals surface area contributed by atoms with Crippen LogP contribution in [0.15, 0.2) is 48.5 Å². The van der Waals surface area contributed by atoms with Gasteiger partial charge in [0.05, 0.1) is 17.8 Å². The van der Waals surface area contributed by atoms with Gasteiger partial charge in [-0.3, -0.25) is 4.79 Å². The molecule has 0 spiro atoms. The van der Waals surface area contributed by atoms with Gasteiger partial charge in [0.2, 0.25) is 0 Å². The van der Waals surface area contributed by atoms with Gasteiger partial charge in [0.1, 0.15) is 6.07 Å². The Labute approximate surface area is 132 Å². The Kier molecular flexibility index (Phi) is 4.74. The minimum Gasteiger partial charge on any atom is -0.366 e. The Hall–Kier alpha value is -1.87. The second-order valence-electron chi connectivity index (χ2n) is 4.42. The van der Waals surface area contributed by atoms with E-state index in [2.05, 4.69) is 28.7 Å². The molecule has 0 saturated carbocycles. The normalized spacial score (nSPS) is 9.85. The molecule has 0 fully saturated rings. The molecule has 0 N–H and O–H groups in total. The zero-order chi connectivity index (χ0) is 14.5. The van der Waals surface area contributed by atoms with E-state index < -0.39 is 0 Å². The van der Waals surface area contributed by atoms with E-state index in [0.29, 0.717) is 11.1 Å². The molecule has 0 aromatic heterocycles. The monoisotopic (exact) mass is 376 g/mol. The van der Waals surface area contributed by atoms with Crippen molar-refractivity contribution in [3.8, 4) is 6.07 Å². The Morgan fingerprint density at radius 1 is 1.20 bits per heavy atom. The Morgan fingerprint density at radius 2 is 1.85 bits per heavy atom. The van der Waals surface area contributed by atoms with Crippen LogP contribution in [0.5, 0.6) is 0 Å². The Morgan fingerprint density at radius 3 is 2.50 bits per heavy atom. The second-order valence-corrected chi connectivity index (χ2v) is 5.66. The van der Waals surface area contributed by atoms with Crippen LogP contribution in [0.2, 0.25) is 0 Å². The Balaban J connectivity index is 2.15. The first-order valence-electron chi connectivity index (χ1n) is 6.11. The van der Waals surface area contributed by atoms with Gasteiger partial charge in [-0.1, -0.05) is 24.3 Å². The van der Waals surface area contributed by atoms with Gasteiger partial charge in [-0.2, -0.15) is 5.26 Å². The van der Waals surface area contributed by atoms with Crippen molar-refractivity contribution in [2.24, 2.45) is 0 Å². The molecule has 4 heteroatoms. The van der Waals surface area contributed by atoms with Crippen molar-refractivity contribution in [1.82, 2.24) is 0 Å². The third-order valence-corrected chi connectivity index (χ3v) is 3.70. The number of rotatable bonds is 4. The van der Waals surface area contributed by atoms with E-state index in [1.165, 1.54) is 0 Å². The van der Waals surface area contributed by atoms with E-state index in [1.54, 1.807) is 11.0 Å². The summed E-state index contributed by atoms with van der Waals surface area (Å²) in [5, 5.41) is 9.09. The fraction of sp³-hybridized carbons (Fsp3) is 0.125. The van der Waals surface area contributed by atoms with Crippen LogP contribution in [-0.4, -0.2) is 19.4 Å². The van der Waals surface area contributed by atoms with Crippen molar-refractivity contribution >= 4 is 34.1 Å². The molecule has 0 saturated heterocycles. The van der Waals surface area contributed by atoms with Gasteiger partial charge in [-0.05, 0) is 46.9 Å². The summed E-state index contributed by atoms with van der Waals surface area (Å²) in [5.74, 6) is 0.0386. The maximum Gasteiger partial charge on any atom is 0.182 e. The minimum atomic E-state index is 0.0386. The van der Waals surface area contributed by atoms with Gasteiger partial charge in [0, 0.05) is 16.2 Å². The standard InChI is InChI=1S/C16H13IN2O/c1-19(15-5-3-2-4-13(15)10-18)11-16(20)12-6-8-14(17)9-7-12/h2-9H,11H2,1H3. The molecule has 0 radical (unpaired) electrons. The first-order valence-corrected chi connectivity index (χ1v) is 7.18. The summed E-state index contributed by atoms with van der Waals surface area (Å²) in [4.78, 5) is 14.0. The van der Waals surface area contributed by atoms with E-state index in [4.69, 9.17) is 5.26 Å². The van der Waals surface area contributed by atoms with Crippen LogP contribution in [0.4, 0.5) is 5.69 Å². The maximum atomic E-state index is 12.2. The predicted octanol–water partition coefficient (Wildman–Crippen LogP) is 3.48. The number of nitrogens with zero attached hydrogens (tertiary/aromatic N) is 2. The number of halogens is 1. The summed E-state index contributed by atoms with van der Waals surface area (Å²) in [6.07, 6.45) is 0. The summed E-state index contributed by atoms with van der Waals surface area (Å²) >= 11 is 2.21. The highest BCUT2D eigenvalue weighted by atomic mass is 127. The van der Waals surface area contributed by atoms with Crippen molar-refractivity contribution in [3.63, 3.8) is 0 Å². The molecule has 100 valence electrons. The van der Waals surface area contributed by atoms with Gasteiger partial charge in [-0.15, -0.1) is 0 Å². The molecule has 2 aromatic rings.